The van der Waals surface area contributed by atoms with Crippen LogP contribution in [-0.2, 0) is 14.3 Å². The Balaban J connectivity index is 0.00000169. The van der Waals surface area contributed by atoms with E-state index in [1.807, 2.05) is 6.92 Å². The van der Waals surface area contributed by atoms with Gasteiger partial charge in [-0.1, -0.05) is 6.92 Å². The van der Waals surface area contributed by atoms with Crippen molar-refractivity contribution in [3.05, 3.63) is 0 Å². The summed E-state index contributed by atoms with van der Waals surface area (Å²) in [5.74, 6) is 0.351. The summed E-state index contributed by atoms with van der Waals surface area (Å²) in [4.78, 5) is 10.9. The molecule has 1 N–H and O–H groups in total. The molecular weight excluding hydrogens is 419 g/mol. The fourth-order valence-electron chi connectivity index (χ4n) is 0.968. The molecule has 2 atom stereocenters. The Morgan fingerprint density at radius 2 is 2.43 bits per heavy atom. The normalized spacial score (nSPS) is 25.6. The molecule has 1 saturated heterocycles. The Morgan fingerprint density at radius 3 is 2.93 bits per heavy atom. The number of aliphatic hydroxyl groups is 1. The van der Waals surface area contributed by atoms with Gasteiger partial charge in [-0.15, -0.1) is 11.8 Å². The third-order valence-corrected chi connectivity index (χ3v) is 2.66. The van der Waals surface area contributed by atoms with E-state index in [2.05, 4.69) is 0 Å². The number of carbonyl (C=O) groups excluding carboxylic acids is 1. The molecule has 1 aliphatic heterocycles. The molecule has 1 rings (SSSR count). The number of carbonyl (C=O) groups is 1. The van der Waals surface area contributed by atoms with E-state index in [-0.39, 0.29) is 62.1 Å². The summed E-state index contributed by atoms with van der Waals surface area (Å²) in [5.41, 5.74) is -0.198. The summed E-state index contributed by atoms with van der Waals surface area (Å²) < 4.78 is 9.95. The Labute approximate surface area is 124 Å². The van der Waals surface area contributed by atoms with Crippen molar-refractivity contribution < 1.29 is 63.4 Å². The SMILES string of the molecule is CCCC(=O)OC[C@@H]1OC(O)CS1.[Ac]. The Hall–Kier alpha value is 1.18. The van der Waals surface area contributed by atoms with E-state index in [0.717, 1.165) is 6.42 Å². The van der Waals surface area contributed by atoms with Crippen molar-refractivity contribution in [3.63, 3.8) is 0 Å². The van der Waals surface area contributed by atoms with Gasteiger partial charge in [0.25, 0.3) is 0 Å². The molecule has 4 nitrogen and oxygen atoms in total. The van der Waals surface area contributed by atoms with Crippen LogP contribution in [0, 0.1) is 44.1 Å². The van der Waals surface area contributed by atoms with E-state index in [9.17, 15) is 4.79 Å². The third kappa shape index (κ3) is 5.92. The van der Waals surface area contributed by atoms with Crippen molar-refractivity contribution in [1.82, 2.24) is 0 Å². The summed E-state index contributed by atoms with van der Waals surface area (Å²) in [6.07, 6.45) is 0.528. The third-order valence-electron chi connectivity index (χ3n) is 1.57. The molecule has 1 radical (unpaired) electrons. The Morgan fingerprint density at radius 1 is 1.71 bits per heavy atom. The van der Waals surface area contributed by atoms with Crippen molar-refractivity contribution in [2.45, 2.75) is 31.5 Å². The first kappa shape index (κ1) is 15.2. The van der Waals surface area contributed by atoms with Crippen LogP contribution in [0.25, 0.3) is 0 Å². The molecule has 0 saturated carbocycles. The summed E-state index contributed by atoms with van der Waals surface area (Å²) in [7, 11) is 0. The maximum absolute atomic E-state index is 10.9. The molecule has 0 aromatic carbocycles. The number of ether oxygens (including phenoxy) is 2. The summed E-state index contributed by atoms with van der Waals surface area (Å²) in [5, 5.41) is 8.98. The van der Waals surface area contributed by atoms with E-state index in [4.69, 9.17) is 14.6 Å². The van der Waals surface area contributed by atoms with Crippen LogP contribution in [0.5, 0.6) is 0 Å². The van der Waals surface area contributed by atoms with Crippen molar-refractivity contribution in [2.24, 2.45) is 0 Å². The average molecular weight is 433 g/mol. The molecular formula is C8H14AcO4S. The molecule has 1 fully saturated rings. The molecule has 1 aliphatic rings. The number of aliphatic hydroxyl groups excluding tert-OH is 1. The summed E-state index contributed by atoms with van der Waals surface area (Å²) >= 11 is 1.46. The molecule has 14 heavy (non-hydrogen) atoms. The fraction of sp³-hybridized carbons (Fsp3) is 0.875. The van der Waals surface area contributed by atoms with Crippen molar-refractivity contribution in [1.29, 1.82) is 0 Å². The number of esters is 1. The second kappa shape index (κ2) is 8.35. The van der Waals surface area contributed by atoms with E-state index in [0.29, 0.717) is 12.2 Å². The van der Waals surface area contributed by atoms with Gasteiger partial charge in [0.05, 0.1) is 0 Å². The van der Waals surface area contributed by atoms with E-state index < -0.39 is 6.29 Å². The standard InChI is InChI=1S/C8H14O4S.Ac/c1-2-3-6(9)11-4-8-12-7(10)5-13-8;/h7-8,10H,2-5H2,1H3;/t7?,8-;/m1./s1. The van der Waals surface area contributed by atoms with E-state index >= 15 is 0 Å². The summed E-state index contributed by atoms with van der Waals surface area (Å²) in [6.45, 7) is 2.16. The average Bonchev–Trinajstić information content (AvgIpc) is 2.49. The molecule has 0 amide bonds. The number of thioether (sulfide) groups is 1. The molecule has 0 bridgehead atoms. The molecule has 6 heteroatoms. The predicted molar refractivity (Wildman–Crippen MR) is 49.2 cm³/mol. The van der Waals surface area contributed by atoms with Crippen LogP contribution in [0.15, 0.2) is 0 Å². The van der Waals surface area contributed by atoms with Crippen LogP contribution in [-0.4, -0.2) is 35.2 Å². The van der Waals surface area contributed by atoms with Crippen LogP contribution in [0.1, 0.15) is 19.8 Å². The zero-order valence-electron chi connectivity index (χ0n) is 8.14. The van der Waals surface area contributed by atoms with Gasteiger partial charge in [-0.2, -0.15) is 0 Å². The smallest absolute Gasteiger partial charge is 0.305 e. The molecule has 1 unspecified atom stereocenters. The fourth-order valence-corrected chi connectivity index (χ4v) is 1.80. The monoisotopic (exact) mass is 433 g/mol. The first-order chi connectivity index (χ1) is 6.22. The zero-order chi connectivity index (χ0) is 9.68. The molecule has 0 aromatic heterocycles. The van der Waals surface area contributed by atoms with Gasteiger partial charge < -0.3 is 14.6 Å². The van der Waals surface area contributed by atoms with Gasteiger partial charge >= 0.3 is 5.97 Å². The van der Waals surface area contributed by atoms with E-state index in [1.54, 1.807) is 0 Å². The van der Waals surface area contributed by atoms with Crippen molar-refractivity contribution in [3.8, 4) is 0 Å². The maximum Gasteiger partial charge on any atom is 0.305 e. The predicted octanol–water partition coefficient (Wildman–Crippen LogP) is 0.738. The molecule has 0 aromatic rings. The summed E-state index contributed by atoms with van der Waals surface area (Å²) in [6, 6.07) is 0. The first-order valence-corrected chi connectivity index (χ1v) is 5.38. The van der Waals surface area contributed by atoms with Crippen LogP contribution < -0.4 is 0 Å². The number of hydrogen-bond acceptors (Lipinski definition) is 5. The van der Waals surface area contributed by atoms with Crippen molar-refractivity contribution in [2.75, 3.05) is 12.4 Å². The van der Waals surface area contributed by atoms with Crippen LogP contribution >= 0.6 is 11.8 Å². The van der Waals surface area contributed by atoms with Gasteiger partial charge in [-0.05, 0) is 6.42 Å². The first-order valence-electron chi connectivity index (χ1n) is 4.33. The second-order valence-electron chi connectivity index (χ2n) is 2.79. The number of rotatable bonds is 4. The second-order valence-corrected chi connectivity index (χ2v) is 3.98. The quantitative estimate of drug-likeness (QED) is 0.664. The topological polar surface area (TPSA) is 55.8 Å². The largest absolute Gasteiger partial charge is 0.462 e. The Bertz CT molecular complexity index is 179. The van der Waals surface area contributed by atoms with E-state index in [1.165, 1.54) is 11.8 Å². The maximum atomic E-state index is 10.9. The minimum absolute atomic E-state index is 0. The molecule has 0 spiro atoms. The molecule has 0 aliphatic carbocycles. The van der Waals surface area contributed by atoms with Crippen molar-refractivity contribution >= 4 is 17.7 Å². The molecule has 79 valence electrons. The minimum Gasteiger partial charge on any atom is -0.462 e. The van der Waals surface area contributed by atoms with Gasteiger partial charge in [0.15, 0.2) is 6.29 Å². The van der Waals surface area contributed by atoms with Crippen LogP contribution in [0.3, 0.4) is 0 Å². The van der Waals surface area contributed by atoms with Gasteiger partial charge in [-0.25, -0.2) is 0 Å². The van der Waals surface area contributed by atoms with Gasteiger partial charge in [-0.3, -0.25) is 4.79 Å². The van der Waals surface area contributed by atoms with Crippen LogP contribution in [0.4, 0.5) is 0 Å². The minimum atomic E-state index is -0.708. The molecule has 1 heterocycles. The van der Waals surface area contributed by atoms with Gasteiger partial charge in [0.1, 0.15) is 12.0 Å². The zero-order valence-corrected chi connectivity index (χ0v) is 13.7. The Kier molecular flexibility index (Phi) is 9.05. The van der Waals surface area contributed by atoms with Gasteiger partial charge in [0.2, 0.25) is 0 Å². The number of hydrogen-bond donors (Lipinski definition) is 1. The van der Waals surface area contributed by atoms with Crippen LogP contribution in [0.2, 0.25) is 0 Å². The van der Waals surface area contributed by atoms with Gasteiger partial charge in [0, 0.05) is 56.2 Å².